The number of alkyl halides is 1. The summed E-state index contributed by atoms with van der Waals surface area (Å²) in [4.78, 5) is 0. The summed E-state index contributed by atoms with van der Waals surface area (Å²) in [7, 11) is 0. The first-order valence-electron chi connectivity index (χ1n) is 5.03. The van der Waals surface area contributed by atoms with E-state index >= 15 is 0 Å². The number of aliphatic hydroxyl groups excluding tert-OH is 2. The zero-order valence-corrected chi connectivity index (χ0v) is 10.6. The molecule has 0 aliphatic rings. The van der Waals surface area contributed by atoms with Gasteiger partial charge in [-0.2, -0.15) is 5.26 Å². The fourth-order valence-corrected chi connectivity index (χ4v) is 1.90. The molecule has 2 unspecified atom stereocenters. The Morgan fingerprint density at radius 2 is 2.12 bits per heavy atom. The number of hydrogen-bond donors (Lipinski definition) is 2. The van der Waals surface area contributed by atoms with E-state index in [-0.39, 0.29) is 0 Å². The highest BCUT2D eigenvalue weighted by Gasteiger charge is 2.18. The second-order valence-electron chi connectivity index (χ2n) is 3.68. The van der Waals surface area contributed by atoms with E-state index in [2.05, 4.69) is 22.0 Å². The molecule has 2 N–H and O–H groups in total. The third-order valence-electron chi connectivity index (χ3n) is 2.49. The fourth-order valence-electron chi connectivity index (χ4n) is 1.44. The van der Waals surface area contributed by atoms with Gasteiger partial charge in [-0.3, -0.25) is 0 Å². The Morgan fingerprint density at radius 1 is 1.44 bits per heavy atom. The van der Waals surface area contributed by atoms with Crippen molar-refractivity contribution in [1.29, 1.82) is 5.26 Å². The van der Waals surface area contributed by atoms with Crippen molar-refractivity contribution in [2.45, 2.75) is 25.6 Å². The molecule has 0 saturated heterocycles. The summed E-state index contributed by atoms with van der Waals surface area (Å²) in [6.45, 7) is 1.84. The lowest BCUT2D eigenvalue weighted by Crippen LogP contribution is -2.18. The molecule has 0 fully saturated rings. The van der Waals surface area contributed by atoms with E-state index in [0.717, 1.165) is 5.56 Å². The Hall–Kier alpha value is -0.890. The van der Waals surface area contributed by atoms with Crippen LogP contribution in [0.15, 0.2) is 18.2 Å². The van der Waals surface area contributed by atoms with Gasteiger partial charge in [-0.15, -0.1) is 0 Å². The van der Waals surface area contributed by atoms with Gasteiger partial charge >= 0.3 is 0 Å². The minimum Gasteiger partial charge on any atom is -0.390 e. The molecular formula is C12H14BrNO2. The maximum absolute atomic E-state index is 9.85. The van der Waals surface area contributed by atoms with Gasteiger partial charge in [0, 0.05) is 5.33 Å². The van der Waals surface area contributed by atoms with Crippen molar-refractivity contribution >= 4 is 15.9 Å². The standard InChI is InChI=1S/C12H14BrNO2/c1-8-2-3-9(6-10(8)7-14)12(16)11(15)4-5-13/h2-3,6,11-12,15-16H,4-5H2,1H3. The Bertz CT molecular complexity index is 400. The van der Waals surface area contributed by atoms with E-state index in [1.807, 2.05) is 6.92 Å². The van der Waals surface area contributed by atoms with Crippen LogP contribution in [-0.2, 0) is 0 Å². The van der Waals surface area contributed by atoms with Crippen LogP contribution in [0.2, 0.25) is 0 Å². The van der Waals surface area contributed by atoms with Crippen molar-refractivity contribution in [3.8, 4) is 6.07 Å². The van der Waals surface area contributed by atoms with Gasteiger partial charge in [-0.05, 0) is 30.5 Å². The molecule has 0 amide bonds. The van der Waals surface area contributed by atoms with E-state index in [1.54, 1.807) is 18.2 Å². The molecule has 4 heteroatoms. The quantitative estimate of drug-likeness (QED) is 0.832. The maximum Gasteiger partial charge on any atom is 0.105 e. The lowest BCUT2D eigenvalue weighted by molar-refractivity contribution is 0.0173. The third kappa shape index (κ3) is 3.05. The van der Waals surface area contributed by atoms with Crippen molar-refractivity contribution in [2.24, 2.45) is 0 Å². The molecule has 0 heterocycles. The number of nitriles is 1. The molecule has 1 rings (SSSR count). The first-order chi connectivity index (χ1) is 7.60. The van der Waals surface area contributed by atoms with Crippen molar-refractivity contribution in [3.05, 3.63) is 34.9 Å². The van der Waals surface area contributed by atoms with Gasteiger partial charge in [0.15, 0.2) is 0 Å². The molecule has 1 aromatic rings. The smallest absolute Gasteiger partial charge is 0.105 e. The predicted molar refractivity (Wildman–Crippen MR) is 65.3 cm³/mol. The summed E-state index contributed by atoms with van der Waals surface area (Å²) < 4.78 is 0. The van der Waals surface area contributed by atoms with Crippen LogP contribution in [0.5, 0.6) is 0 Å². The summed E-state index contributed by atoms with van der Waals surface area (Å²) in [5.74, 6) is 0. The Balaban J connectivity index is 2.92. The van der Waals surface area contributed by atoms with Crippen LogP contribution < -0.4 is 0 Å². The molecule has 0 spiro atoms. The van der Waals surface area contributed by atoms with Crippen LogP contribution in [0.3, 0.4) is 0 Å². The average Bonchev–Trinajstić information content (AvgIpc) is 2.29. The Morgan fingerprint density at radius 3 is 2.69 bits per heavy atom. The van der Waals surface area contributed by atoms with Gasteiger partial charge in [0.05, 0.1) is 17.7 Å². The van der Waals surface area contributed by atoms with E-state index < -0.39 is 12.2 Å². The number of hydrogen-bond acceptors (Lipinski definition) is 3. The minimum atomic E-state index is -0.940. The number of rotatable bonds is 4. The van der Waals surface area contributed by atoms with E-state index in [4.69, 9.17) is 5.26 Å². The number of aliphatic hydroxyl groups is 2. The van der Waals surface area contributed by atoms with Crippen LogP contribution in [0.25, 0.3) is 0 Å². The largest absolute Gasteiger partial charge is 0.390 e. The highest BCUT2D eigenvalue weighted by atomic mass is 79.9. The lowest BCUT2D eigenvalue weighted by atomic mass is 9.98. The number of halogens is 1. The van der Waals surface area contributed by atoms with Crippen LogP contribution in [0.4, 0.5) is 0 Å². The van der Waals surface area contributed by atoms with Crippen LogP contribution in [0.1, 0.15) is 29.2 Å². The zero-order chi connectivity index (χ0) is 12.1. The predicted octanol–water partition coefficient (Wildman–Crippen LogP) is 2.05. The van der Waals surface area contributed by atoms with Gasteiger partial charge < -0.3 is 10.2 Å². The first kappa shape index (κ1) is 13.2. The Labute approximate surface area is 103 Å². The molecule has 0 aromatic heterocycles. The molecule has 1 aromatic carbocycles. The summed E-state index contributed by atoms with van der Waals surface area (Å²) >= 11 is 3.21. The molecule has 16 heavy (non-hydrogen) atoms. The molecule has 86 valence electrons. The van der Waals surface area contributed by atoms with Crippen LogP contribution >= 0.6 is 15.9 Å². The number of benzene rings is 1. The van der Waals surface area contributed by atoms with Crippen molar-refractivity contribution in [1.82, 2.24) is 0 Å². The number of nitrogens with zero attached hydrogens (tertiary/aromatic N) is 1. The minimum absolute atomic E-state index is 0.469. The fraction of sp³-hybridized carbons (Fsp3) is 0.417. The van der Waals surface area contributed by atoms with Gasteiger partial charge in [0.2, 0.25) is 0 Å². The third-order valence-corrected chi connectivity index (χ3v) is 2.95. The van der Waals surface area contributed by atoms with Crippen molar-refractivity contribution < 1.29 is 10.2 Å². The Kier molecular flexibility index (Phi) is 4.94. The summed E-state index contributed by atoms with van der Waals surface area (Å²) in [6.07, 6.45) is -1.28. The van der Waals surface area contributed by atoms with Gasteiger partial charge in [0.1, 0.15) is 6.10 Å². The maximum atomic E-state index is 9.85. The second kappa shape index (κ2) is 6.00. The normalized spacial score (nSPS) is 14.2. The van der Waals surface area contributed by atoms with E-state index in [9.17, 15) is 10.2 Å². The number of aryl methyl sites for hydroxylation is 1. The molecule has 0 aliphatic heterocycles. The molecule has 2 atom stereocenters. The topological polar surface area (TPSA) is 64.2 Å². The second-order valence-corrected chi connectivity index (χ2v) is 4.47. The monoisotopic (exact) mass is 283 g/mol. The van der Waals surface area contributed by atoms with E-state index in [1.165, 1.54) is 0 Å². The first-order valence-corrected chi connectivity index (χ1v) is 6.15. The van der Waals surface area contributed by atoms with Gasteiger partial charge in [-0.25, -0.2) is 0 Å². The van der Waals surface area contributed by atoms with Gasteiger partial charge in [-0.1, -0.05) is 28.1 Å². The molecular weight excluding hydrogens is 270 g/mol. The average molecular weight is 284 g/mol. The molecule has 3 nitrogen and oxygen atoms in total. The van der Waals surface area contributed by atoms with Gasteiger partial charge in [0.25, 0.3) is 0 Å². The lowest BCUT2D eigenvalue weighted by Gasteiger charge is -2.17. The molecule has 0 radical (unpaired) electrons. The summed E-state index contributed by atoms with van der Waals surface area (Å²) in [5, 5.41) is 29.0. The molecule has 0 bridgehead atoms. The summed E-state index contributed by atoms with van der Waals surface area (Å²) in [6, 6.07) is 7.19. The highest BCUT2D eigenvalue weighted by Crippen LogP contribution is 2.21. The molecule has 0 aliphatic carbocycles. The van der Waals surface area contributed by atoms with Crippen molar-refractivity contribution in [3.63, 3.8) is 0 Å². The summed E-state index contributed by atoms with van der Waals surface area (Å²) in [5.41, 5.74) is 1.98. The molecule has 0 saturated carbocycles. The van der Waals surface area contributed by atoms with E-state index in [0.29, 0.717) is 22.9 Å². The van der Waals surface area contributed by atoms with Crippen molar-refractivity contribution in [2.75, 3.05) is 5.33 Å². The SMILES string of the molecule is Cc1ccc(C(O)C(O)CCBr)cc1C#N. The van der Waals surface area contributed by atoms with Crippen LogP contribution in [0, 0.1) is 18.3 Å². The van der Waals surface area contributed by atoms with Crippen LogP contribution in [-0.4, -0.2) is 21.6 Å². The highest BCUT2D eigenvalue weighted by molar-refractivity contribution is 9.09. The zero-order valence-electron chi connectivity index (χ0n) is 9.02.